The molecule has 28 heavy (non-hydrogen) atoms. The van der Waals surface area contributed by atoms with Crippen molar-refractivity contribution in [1.29, 1.82) is 0 Å². The van der Waals surface area contributed by atoms with Crippen molar-refractivity contribution >= 4 is 11.4 Å². The fourth-order valence-corrected chi connectivity index (χ4v) is 4.49. The Morgan fingerprint density at radius 1 is 1.29 bits per heavy atom. The highest BCUT2D eigenvalue weighted by molar-refractivity contribution is 5.95. The third kappa shape index (κ3) is 2.63. The molecule has 3 aromatic rings. The van der Waals surface area contributed by atoms with Gasteiger partial charge in [-0.25, -0.2) is 15.0 Å². The predicted molar refractivity (Wildman–Crippen MR) is 98.7 cm³/mol. The molecular weight excluding hydrogens is 360 g/mol. The molecular formula is C20H22N4O4. The zero-order valence-electron chi connectivity index (χ0n) is 16.2. The molecule has 2 atom stereocenters. The molecule has 0 radical (unpaired) electrons. The molecule has 4 heterocycles. The number of methoxy groups -OCH3 is 1. The first-order valence-electron chi connectivity index (χ1n) is 9.42. The molecule has 2 aliphatic rings. The molecule has 2 unspecified atom stereocenters. The molecule has 1 aliphatic heterocycles. The summed E-state index contributed by atoms with van der Waals surface area (Å²) in [5.74, 6) is 0.717. The summed E-state index contributed by atoms with van der Waals surface area (Å²) in [5.41, 5.74) is 2.48. The number of fused-ring (bicyclic) bond motifs is 3. The number of carbonyl (C=O) groups is 1. The van der Waals surface area contributed by atoms with Crippen molar-refractivity contribution in [2.45, 2.75) is 50.5 Å². The van der Waals surface area contributed by atoms with Gasteiger partial charge in [0.05, 0.1) is 37.1 Å². The van der Waals surface area contributed by atoms with Crippen molar-refractivity contribution in [1.82, 2.24) is 19.4 Å². The van der Waals surface area contributed by atoms with Gasteiger partial charge in [-0.15, -0.1) is 0 Å². The van der Waals surface area contributed by atoms with Crippen LogP contribution in [0.4, 0.5) is 0 Å². The number of oxazole rings is 1. The lowest BCUT2D eigenvalue weighted by Gasteiger charge is -2.24. The van der Waals surface area contributed by atoms with Crippen LogP contribution in [0.5, 0.6) is 5.88 Å². The topological polar surface area (TPSA) is 91.8 Å². The summed E-state index contributed by atoms with van der Waals surface area (Å²) >= 11 is 0. The Morgan fingerprint density at radius 3 is 2.75 bits per heavy atom. The highest BCUT2D eigenvalue weighted by Crippen LogP contribution is 2.53. The van der Waals surface area contributed by atoms with Crippen molar-refractivity contribution in [2.75, 3.05) is 13.7 Å². The molecule has 0 spiro atoms. The Hall–Kier alpha value is -2.74. The van der Waals surface area contributed by atoms with Crippen LogP contribution in [-0.4, -0.2) is 44.5 Å². The quantitative estimate of drug-likeness (QED) is 0.627. The van der Waals surface area contributed by atoms with Gasteiger partial charge in [-0.3, -0.25) is 4.79 Å². The Morgan fingerprint density at radius 2 is 2.14 bits per heavy atom. The fourth-order valence-electron chi connectivity index (χ4n) is 4.49. The predicted octanol–water partition coefficient (Wildman–Crippen LogP) is 2.67. The first-order valence-corrected chi connectivity index (χ1v) is 9.42. The van der Waals surface area contributed by atoms with Gasteiger partial charge in [0.2, 0.25) is 5.65 Å². The van der Waals surface area contributed by atoms with E-state index in [-0.39, 0.29) is 23.2 Å². The molecule has 1 aliphatic carbocycles. The van der Waals surface area contributed by atoms with Crippen molar-refractivity contribution in [3.8, 4) is 5.88 Å². The third-order valence-electron chi connectivity index (χ3n) is 5.98. The number of rotatable bonds is 5. The molecule has 8 nitrogen and oxygen atoms in total. The average Bonchev–Trinajstić information content (AvgIpc) is 3.42. The summed E-state index contributed by atoms with van der Waals surface area (Å²) in [7, 11) is 1.56. The molecule has 0 amide bonds. The lowest BCUT2D eigenvalue weighted by Crippen LogP contribution is -2.26. The van der Waals surface area contributed by atoms with Gasteiger partial charge in [-0.2, -0.15) is 0 Å². The number of aromatic nitrogens is 4. The fraction of sp³-hybridized carbons (Fsp3) is 0.500. The van der Waals surface area contributed by atoms with Gasteiger partial charge in [-0.1, -0.05) is 0 Å². The molecule has 146 valence electrons. The standard InChI is InChI=1S/C20H22N4O4/c1-12-21-14(9-27-12)15(25)6-13-7-24-8-16(23-17(24)18(22-13)26-3)20-5-4-19(2,10-20)28-11-20/h7-9H,4-6,10-11H2,1-3H3. The zero-order chi connectivity index (χ0) is 19.5. The van der Waals surface area contributed by atoms with Crippen molar-refractivity contribution < 1.29 is 18.7 Å². The number of hydrogen-bond acceptors (Lipinski definition) is 7. The Kier molecular flexibility index (Phi) is 3.64. The number of nitrogens with zero attached hydrogens (tertiary/aromatic N) is 4. The van der Waals surface area contributed by atoms with Gasteiger partial charge < -0.3 is 18.3 Å². The summed E-state index contributed by atoms with van der Waals surface area (Å²) in [6, 6.07) is 0. The second kappa shape index (κ2) is 5.88. The van der Waals surface area contributed by atoms with E-state index >= 15 is 0 Å². The first-order chi connectivity index (χ1) is 13.4. The smallest absolute Gasteiger partial charge is 0.258 e. The van der Waals surface area contributed by atoms with Gasteiger partial charge in [0, 0.05) is 24.7 Å². The van der Waals surface area contributed by atoms with Gasteiger partial charge >= 0.3 is 0 Å². The number of Topliss-reactive ketones (excluding diaryl/α,β-unsaturated/α-hetero) is 1. The summed E-state index contributed by atoms with van der Waals surface area (Å²) in [6.07, 6.45) is 8.44. The SMILES string of the molecule is COc1nc(CC(=O)c2coc(C)n2)cn2cc(C34CCC(C)(C3)OC4)nc12. The van der Waals surface area contributed by atoms with E-state index in [1.54, 1.807) is 14.0 Å². The van der Waals surface area contributed by atoms with E-state index in [1.807, 2.05) is 16.8 Å². The van der Waals surface area contributed by atoms with Crippen LogP contribution < -0.4 is 4.74 Å². The lowest BCUT2D eigenvalue weighted by molar-refractivity contribution is -0.00627. The van der Waals surface area contributed by atoms with Gasteiger partial charge in [0.25, 0.3) is 5.88 Å². The highest BCUT2D eigenvalue weighted by atomic mass is 16.5. The molecule has 8 heteroatoms. The van der Waals surface area contributed by atoms with Crippen LogP contribution in [0.2, 0.25) is 0 Å². The van der Waals surface area contributed by atoms with Gasteiger partial charge in [0.15, 0.2) is 11.7 Å². The van der Waals surface area contributed by atoms with Crippen LogP contribution in [0.1, 0.15) is 54.0 Å². The molecule has 3 aromatic heterocycles. The molecule has 2 bridgehead atoms. The average molecular weight is 382 g/mol. The Labute approximate surface area is 161 Å². The molecule has 1 saturated heterocycles. The minimum Gasteiger partial charge on any atom is -0.478 e. The first kappa shape index (κ1) is 17.4. The van der Waals surface area contributed by atoms with Crippen LogP contribution in [0, 0.1) is 6.92 Å². The molecule has 0 N–H and O–H groups in total. The number of imidazole rings is 1. The second-order valence-corrected chi connectivity index (χ2v) is 8.15. The third-order valence-corrected chi connectivity index (χ3v) is 5.98. The van der Waals surface area contributed by atoms with Crippen molar-refractivity contribution in [2.24, 2.45) is 0 Å². The zero-order valence-corrected chi connectivity index (χ0v) is 16.2. The number of ketones is 1. The minimum atomic E-state index is -0.152. The highest BCUT2D eigenvalue weighted by Gasteiger charge is 2.55. The van der Waals surface area contributed by atoms with E-state index in [0.29, 0.717) is 35.4 Å². The maximum Gasteiger partial charge on any atom is 0.258 e. The Bertz CT molecular complexity index is 1080. The second-order valence-electron chi connectivity index (χ2n) is 8.15. The van der Waals surface area contributed by atoms with E-state index in [0.717, 1.165) is 25.0 Å². The molecule has 0 aromatic carbocycles. The van der Waals surface area contributed by atoms with Gasteiger partial charge in [0.1, 0.15) is 12.0 Å². The maximum absolute atomic E-state index is 12.5. The monoisotopic (exact) mass is 382 g/mol. The normalized spacial score (nSPS) is 26.2. The van der Waals surface area contributed by atoms with Crippen molar-refractivity contribution in [3.63, 3.8) is 0 Å². The summed E-state index contributed by atoms with van der Waals surface area (Å²) < 4.78 is 18.5. The maximum atomic E-state index is 12.5. The van der Waals surface area contributed by atoms with Crippen molar-refractivity contribution in [3.05, 3.63) is 41.6 Å². The van der Waals surface area contributed by atoms with Crippen LogP contribution in [0.15, 0.2) is 23.1 Å². The summed E-state index contributed by atoms with van der Waals surface area (Å²) in [4.78, 5) is 25.9. The van der Waals surface area contributed by atoms with Crippen LogP contribution in [0.3, 0.4) is 0 Å². The minimum absolute atomic E-state index is 0.0363. The number of ether oxygens (including phenoxy) is 2. The van der Waals surface area contributed by atoms with E-state index < -0.39 is 0 Å². The molecule has 5 rings (SSSR count). The van der Waals surface area contributed by atoms with Gasteiger partial charge in [-0.05, 0) is 26.2 Å². The number of hydrogen-bond donors (Lipinski definition) is 0. The van der Waals surface area contributed by atoms with E-state index in [9.17, 15) is 4.79 Å². The van der Waals surface area contributed by atoms with E-state index in [4.69, 9.17) is 18.9 Å². The number of carbonyl (C=O) groups excluding carboxylic acids is 1. The number of aryl methyl sites for hydroxylation is 1. The van der Waals surface area contributed by atoms with Crippen LogP contribution >= 0.6 is 0 Å². The van der Waals surface area contributed by atoms with E-state index in [2.05, 4.69) is 16.9 Å². The summed E-state index contributed by atoms with van der Waals surface area (Å²) in [6.45, 7) is 4.58. The Balaban J connectivity index is 1.50. The van der Waals surface area contributed by atoms with E-state index in [1.165, 1.54) is 6.26 Å². The summed E-state index contributed by atoms with van der Waals surface area (Å²) in [5, 5.41) is 0. The largest absolute Gasteiger partial charge is 0.478 e. The van der Waals surface area contributed by atoms with Crippen LogP contribution in [0.25, 0.3) is 5.65 Å². The lowest BCUT2D eigenvalue weighted by atomic mass is 9.84. The molecule has 2 fully saturated rings. The molecule has 1 saturated carbocycles. The van der Waals surface area contributed by atoms with Crippen LogP contribution in [-0.2, 0) is 16.6 Å².